The minimum Gasteiger partial charge on any atom is -0.341 e. The number of hydrogen-bond acceptors (Lipinski definition) is 4. The number of nitrogens with zero attached hydrogens (tertiary/aromatic N) is 2. The molecule has 0 aromatic heterocycles. The van der Waals surface area contributed by atoms with E-state index in [4.69, 9.17) is 0 Å². The third-order valence-corrected chi connectivity index (χ3v) is 5.86. The molecular weight excluding hydrogens is 334 g/mol. The third kappa shape index (κ3) is 4.98. The summed E-state index contributed by atoms with van der Waals surface area (Å²) in [6.45, 7) is 4.88. The first-order valence-corrected chi connectivity index (χ1v) is 10.2. The van der Waals surface area contributed by atoms with Crippen molar-refractivity contribution in [3.8, 4) is 0 Å². The van der Waals surface area contributed by atoms with E-state index in [1.165, 1.54) is 11.1 Å². The SMILES string of the molecule is Cc1ccc(CCC(=O)N2CCCN(C(=O)C3CSCN3)CC2)cc1. The number of amides is 2. The van der Waals surface area contributed by atoms with Crippen molar-refractivity contribution in [1.29, 1.82) is 0 Å². The summed E-state index contributed by atoms with van der Waals surface area (Å²) in [7, 11) is 0. The number of hydrogen-bond donors (Lipinski definition) is 1. The molecule has 0 spiro atoms. The van der Waals surface area contributed by atoms with E-state index in [-0.39, 0.29) is 17.9 Å². The molecule has 1 atom stereocenters. The van der Waals surface area contributed by atoms with Crippen molar-refractivity contribution in [3.63, 3.8) is 0 Å². The summed E-state index contributed by atoms with van der Waals surface area (Å²) in [6, 6.07) is 8.32. The van der Waals surface area contributed by atoms with E-state index in [0.29, 0.717) is 19.5 Å². The van der Waals surface area contributed by atoms with Gasteiger partial charge in [0.25, 0.3) is 0 Å². The highest BCUT2D eigenvalue weighted by Gasteiger charge is 2.29. The summed E-state index contributed by atoms with van der Waals surface area (Å²) in [5.41, 5.74) is 2.44. The van der Waals surface area contributed by atoms with Crippen LogP contribution in [0.3, 0.4) is 0 Å². The molecule has 136 valence electrons. The molecule has 2 fully saturated rings. The van der Waals surface area contributed by atoms with Crippen LogP contribution >= 0.6 is 11.8 Å². The fourth-order valence-corrected chi connectivity index (χ4v) is 4.26. The minimum atomic E-state index is -0.0474. The molecule has 2 heterocycles. The van der Waals surface area contributed by atoms with E-state index in [1.54, 1.807) is 11.8 Å². The fraction of sp³-hybridized carbons (Fsp3) is 0.579. The Morgan fingerprint density at radius 2 is 1.84 bits per heavy atom. The van der Waals surface area contributed by atoms with Gasteiger partial charge in [-0.2, -0.15) is 0 Å². The summed E-state index contributed by atoms with van der Waals surface area (Å²) >= 11 is 1.77. The van der Waals surface area contributed by atoms with Crippen molar-refractivity contribution >= 4 is 23.6 Å². The number of carbonyl (C=O) groups is 2. The van der Waals surface area contributed by atoms with Crippen molar-refractivity contribution in [1.82, 2.24) is 15.1 Å². The van der Waals surface area contributed by atoms with Crippen LogP contribution in [0.15, 0.2) is 24.3 Å². The van der Waals surface area contributed by atoms with Gasteiger partial charge >= 0.3 is 0 Å². The second-order valence-corrected chi connectivity index (χ2v) is 7.85. The first-order valence-electron chi connectivity index (χ1n) is 9.07. The maximum atomic E-state index is 12.5. The molecule has 5 nitrogen and oxygen atoms in total. The molecule has 1 unspecified atom stereocenters. The Labute approximate surface area is 154 Å². The van der Waals surface area contributed by atoms with Gasteiger partial charge < -0.3 is 9.80 Å². The molecule has 2 aliphatic heterocycles. The van der Waals surface area contributed by atoms with E-state index in [0.717, 1.165) is 37.6 Å². The summed E-state index contributed by atoms with van der Waals surface area (Å²) in [6.07, 6.45) is 2.18. The maximum Gasteiger partial charge on any atom is 0.240 e. The lowest BCUT2D eigenvalue weighted by Crippen LogP contribution is -2.46. The molecular formula is C19H27N3O2S. The van der Waals surface area contributed by atoms with Crippen LogP contribution in [0, 0.1) is 6.92 Å². The quantitative estimate of drug-likeness (QED) is 0.886. The van der Waals surface area contributed by atoms with Crippen molar-refractivity contribution in [3.05, 3.63) is 35.4 Å². The number of aryl methyl sites for hydroxylation is 2. The standard InChI is InChI=1S/C19H27N3O2S/c1-15-3-5-16(6-4-15)7-8-18(23)21-9-2-10-22(12-11-21)19(24)17-13-25-14-20-17/h3-6,17,20H,2,7-14H2,1H3. The van der Waals surface area contributed by atoms with E-state index < -0.39 is 0 Å². The molecule has 0 radical (unpaired) electrons. The fourth-order valence-electron chi connectivity index (χ4n) is 3.33. The van der Waals surface area contributed by atoms with E-state index in [2.05, 4.69) is 36.5 Å². The summed E-state index contributed by atoms with van der Waals surface area (Å²) in [4.78, 5) is 28.9. The lowest BCUT2D eigenvalue weighted by molar-refractivity contribution is -0.134. The predicted octanol–water partition coefficient (Wildman–Crippen LogP) is 1.65. The largest absolute Gasteiger partial charge is 0.341 e. The predicted molar refractivity (Wildman–Crippen MR) is 102 cm³/mol. The molecule has 6 heteroatoms. The lowest BCUT2D eigenvalue weighted by atomic mass is 10.1. The number of carbonyl (C=O) groups excluding carboxylic acids is 2. The molecule has 0 saturated carbocycles. The second-order valence-electron chi connectivity index (χ2n) is 6.82. The van der Waals surface area contributed by atoms with Crippen LogP contribution in [0.1, 0.15) is 24.0 Å². The molecule has 1 aromatic carbocycles. The van der Waals surface area contributed by atoms with Gasteiger partial charge in [-0.05, 0) is 25.3 Å². The van der Waals surface area contributed by atoms with Crippen LogP contribution < -0.4 is 5.32 Å². The monoisotopic (exact) mass is 361 g/mol. The summed E-state index contributed by atoms with van der Waals surface area (Å²) in [5, 5.41) is 3.24. The van der Waals surface area contributed by atoms with Gasteiger partial charge in [0, 0.05) is 44.2 Å². The normalized spacial score (nSPS) is 21.2. The van der Waals surface area contributed by atoms with Crippen LogP contribution in [0.2, 0.25) is 0 Å². The highest BCUT2D eigenvalue weighted by molar-refractivity contribution is 7.99. The van der Waals surface area contributed by atoms with Crippen LogP contribution in [-0.2, 0) is 16.0 Å². The Morgan fingerprint density at radius 1 is 1.12 bits per heavy atom. The molecule has 0 aliphatic carbocycles. The Morgan fingerprint density at radius 3 is 2.56 bits per heavy atom. The Hall–Kier alpha value is -1.53. The van der Waals surface area contributed by atoms with Gasteiger partial charge in [0.05, 0.1) is 6.04 Å². The first-order chi connectivity index (χ1) is 12.1. The number of benzene rings is 1. The van der Waals surface area contributed by atoms with E-state index in [1.807, 2.05) is 9.80 Å². The molecule has 1 N–H and O–H groups in total. The Bertz CT molecular complexity index is 599. The topological polar surface area (TPSA) is 52.7 Å². The van der Waals surface area contributed by atoms with Crippen molar-refractivity contribution in [2.45, 2.75) is 32.2 Å². The maximum absolute atomic E-state index is 12.5. The zero-order valence-electron chi connectivity index (χ0n) is 14.9. The highest BCUT2D eigenvalue weighted by Crippen LogP contribution is 2.14. The molecule has 0 bridgehead atoms. The molecule has 2 saturated heterocycles. The van der Waals surface area contributed by atoms with Gasteiger partial charge in [-0.25, -0.2) is 0 Å². The minimum absolute atomic E-state index is 0.0474. The number of rotatable bonds is 4. The zero-order chi connectivity index (χ0) is 17.6. The molecule has 2 aliphatic rings. The van der Waals surface area contributed by atoms with Gasteiger partial charge in [0.2, 0.25) is 11.8 Å². The van der Waals surface area contributed by atoms with Gasteiger partial charge in [-0.1, -0.05) is 29.8 Å². The summed E-state index contributed by atoms with van der Waals surface area (Å²) < 4.78 is 0. The van der Waals surface area contributed by atoms with Crippen molar-refractivity contribution in [2.24, 2.45) is 0 Å². The zero-order valence-corrected chi connectivity index (χ0v) is 15.7. The van der Waals surface area contributed by atoms with Gasteiger partial charge in [0.1, 0.15) is 0 Å². The number of thioether (sulfide) groups is 1. The highest BCUT2D eigenvalue weighted by atomic mass is 32.2. The average Bonchev–Trinajstić information content (AvgIpc) is 3.05. The van der Waals surface area contributed by atoms with E-state index in [9.17, 15) is 9.59 Å². The number of nitrogens with one attached hydrogen (secondary N) is 1. The average molecular weight is 362 g/mol. The van der Waals surface area contributed by atoms with Crippen LogP contribution in [-0.4, -0.2) is 65.5 Å². The Kier molecular flexibility index (Phi) is 6.37. The van der Waals surface area contributed by atoms with Gasteiger partial charge in [-0.15, -0.1) is 11.8 Å². The van der Waals surface area contributed by atoms with E-state index >= 15 is 0 Å². The van der Waals surface area contributed by atoms with Crippen molar-refractivity contribution in [2.75, 3.05) is 37.8 Å². The molecule has 25 heavy (non-hydrogen) atoms. The molecule has 1 aromatic rings. The van der Waals surface area contributed by atoms with Gasteiger partial charge in [-0.3, -0.25) is 14.9 Å². The second kappa shape index (κ2) is 8.72. The van der Waals surface area contributed by atoms with Gasteiger partial charge in [0.15, 0.2) is 0 Å². The van der Waals surface area contributed by atoms with Crippen molar-refractivity contribution < 1.29 is 9.59 Å². The third-order valence-electron chi connectivity index (χ3n) is 4.92. The molecule has 2 amide bonds. The van der Waals surface area contributed by atoms with Crippen LogP contribution in [0.25, 0.3) is 0 Å². The summed E-state index contributed by atoms with van der Waals surface area (Å²) in [5.74, 6) is 2.10. The van der Waals surface area contributed by atoms with Crippen LogP contribution in [0.4, 0.5) is 0 Å². The smallest absolute Gasteiger partial charge is 0.240 e. The first kappa shape index (κ1) is 18.3. The van der Waals surface area contributed by atoms with Crippen LogP contribution in [0.5, 0.6) is 0 Å². The lowest BCUT2D eigenvalue weighted by Gasteiger charge is -2.24. The Balaban J connectivity index is 1.47. The molecule has 3 rings (SSSR count).